The lowest BCUT2D eigenvalue weighted by atomic mass is 9.91. The highest BCUT2D eigenvalue weighted by atomic mass is 32.2. The Hall–Kier alpha value is -1.54. The Kier molecular flexibility index (Phi) is 7.96. The Morgan fingerprint density at radius 1 is 1.12 bits per heavy atom. The summed E-state index contributed by atoms with van der Waals surface area (Å²) in [6.07, 6.45) is 6.21. The van der Waals surface area contributed by atoms with E-state index < -0.39 is 15.9 Å². The summed E-state index contributed by atoms with van der Waals surface area (Å²) in [6.45, 7) is 1.75. The number of sulfonamides is 1. The second kappa shape index (κ2) is 9.97. The Morgan fingerprint density at radius 3 is 2.38 bits per heavy atom. The van der Waals surface area contributed by atoms with Crippen molar-refractivity contribution in [2.24, 2.45) is 5.92 Å². The first kappa shape index (κ1) is 20.8. The summed E-state index contributed by atoms with van der Waals surface area (Å²) in [5.74, 6) is 1.06. The minimum Gasteiger partial charge on any atom is -0.352 e. The molecule has 1 aliphatic rings. The molecule has 0 spiro atoms. The topological polar surface area (TPSA) is 92.3 Å². The van der Waals surface area contributed by atoms with Gasteiger partial charge in [-0.15, -0.1) is 0 Å². The fourth-order valence-corrected chi connectivity index (χ4v) is 5.04. The largest absolute Gasteiger partial charge is 0.352 e. The van der Waals surface area contributed by atoms with Gasteiger partial charge in [0, 0.05) is 13.5 Å². The van der Waals surface area contributed by atoms with Gasteiger partial charge in [0.2, 0.25) is 11.8 Å². The van der Waals surface area contributed by atoms with Gasteiger partial charge in [0.15, 0.2) is 0 Å². The van der Waals surface area contributed by atoms with Crippen LogP contribution in [-0.2, 0) is 26.2 Å². The molecule has 0 heterocycles. The molecule has 0 aromatic heterocycles. The van der Waals surface area contributed by atoms with E-state index in [1.807, 2.05) is 0 Å². The molecular weight excluding hydrogens is 372 g/mol. The molecular formula is C18H26N2O4S2. The molecule has 144 valence electrons. The number of rotatable bonds is 8. The third kappa shape index (κ3) is 6.99. The summed E-state index contributed by atoms with van der Waals surface area (Å²) in [7, 11) is -3.86. The van der Waals surface area contributed by atoms with Crippen LogP contribution in [0, 0.1) is 5.92 Å². The lowest BCUT2D eigenvalue weighted by molar-refractivity contribution is -0.119. The van der Waals surface area contributed by atoms with Crippen LogP contribution in [0.25, 0.3) is 0 Å². The molecule has 1 fully saturated rings. The zero-order chi connectivity index (χ0) is 19.0. The van der Waals surface area contributed by atoms with Crippen LogP contribution in [0.5, 0.6) is 0 Å². The standard InChI is InChI=1S/C18H26N2O4S2/c1-14(21)19-11-15-7-9-17(10-8-15)26(23,24)20-18(22)13-25-12-16-5-3-2-4-6-16/h7-10,16H,2-6,11-13H2,1H3,(H,19,21)(H,20,22). The summed E-state index contributed by atoms with van der Waals surface area (Å²) >= 11 is 1.50. The minimum absolute atomic E-state index is 0.0368. The first-order valence-electron chi connectivity index (χ1n) is 8.83. The molecule has 0 unspecified atom stereocenters. The van der Waals surface area contributed by atoms with Gasteiger partial charge in [-0.05, 0) is 42.2 Å². The van der Waals surface area contributed by atoms with Crippen molar-refractivity contribution in [2.45, 2.75) is 50.5 Å². The average molecular weight is 399 g/mol. The monoisotopic (exact) mass is 398 g/mol. The second-order valence-electron chi connectivity index (χ2n) is 6.60. The van der Waals surface area contributed by atoms with Crippen molar-refractivity contribution in [3.8, 4) is 0 Å². The van der Waals surface area contributed by atoms with Gasteiger partial charge in [0.05, 0.1) is 10.6 Å². The number of thioether (sulfide) groups is 1. The molecule has 0 saturated heterocycles. The SMILES string of the molecule is CC(=O)NCc1ccc(S(=O)(=O)NC(=O)CSCC2CCCCC2)cc1. The first-order valence-corrected chi connectivity index (χ1v) is 11.5. The Bertz CT molecular complexity index is 711. The predicted molar refractivity (Wildman–Crippen MR) is 103 cm³/mol. The van der Waals surface area contributed by atoms with Crippen molar-refractivity contribution < 1.29 is 18.0 Å². The van der Waals surface area contributed by atoms with Gasteiger partial charge in [-0.2, -0.15) is 11.8 Å². The van der Waals surface area contributed by atoms with Gasteiger partial charge in [0.25, 0.3) is 10.0 Å². The maximum absolute atomic E-state index is 12.3. The molecule has 0 aliphatic heterocycles. The highest BCUT2D eigenvalue weighted by Crippen LogP contribution is 2.26. The molecule has 2 amide bonds. The van der Waals surface area contributed by atoms with Crippen LogP contribution >= 0.6 is 11.8 Å². The van der Waals surface area contributed by atoms with Crippen molar-refractivity contribution in [1.29, 1.82) is 0 Å². The predicted octanol–water partition coefficient (Wildman–Crippen LogP) is 2.44. The minimum atomic E-state index is -3.86. The smallest absolute Gasteiger partial charge is 0.264 e. The van der Waals surface area contributed by atoms with Crippen molar-refractivity contribution in [3.63, 3.8) is 0 Å². The van der Waals surface area contributed by atoms with Crippen molar-refractivity contribution in [3.05, 3.63) is 29.8 Å². The number of hydrogen-bond acceptors (Lipinski definition) is 5. The fraction of sp³-hybridized carbons (Fsp3) is 0.556. The number of carbonyl (C=O) groups is 2. The molecule has 0 atom stereocenters. The van der Waals surface area contributed by atoms with Crippen LogP contribution in [0.2, 0.25) is 0 Å². The summed E-state index contributed by atoms with van der Waals surface area (Å²) in [4.78, 5) is 22.9. The molecule has 0 bridgehead atoms. The van der Waals surface area contributed by atoms with E-state index in [4.69, 9.17) is 0 Å². The van der Waals surface area contributed by atoms with E-state index in [-0.39, 0.29) is 16.6 Å². The number of hydrogen-bond donors (Lipinski definition) is 2. The van der Waals surface area contributed by atoms with Crippen LogP contribution in [-0.4, -0.2) is 31.7 Å². The molecule has 2 rings (SSSR count). The second-order valence-corrected chi connectivity index (χ2v) is 9.31. The third-order valence-electron chi connectivity index (χ3n) is 4.33. The Labute approximate surface area is 159 Å². The Morgan fingerprint density at radius 2 is 1.77 bits per heavy atom. The maximum atomic E-state index is 12.3. The molecule has 1 aromatic rings. The van der Waals surface area contributed by atoms with Crippen LogP contribution in [0.3, 0.4) is 0 Å². The third-order valence-corrected chi connectivity index (χ3v) is 6.90. The maximum Gasteiger partial charge on any atom is 0.264 e. The van der Waals surface area contributed by atoms with E-state index in [0.29, 0.717) is 12.5 Å². The molecule has 1 saturated carbocycles. The zero-order valence-electron chi connectivity index (χ0n) is 15.0. The lowest BCUT2D eigenvalue weighted by Gasteiger charge is -2.20. The molecule has 1 aliphatic carbocycles. The van der Waals surface area contributed by atoms with Gasteiger partial charge in [0.1, 0.15) is 0 Å². The van der Waals surface area contributed by atoms with Crippen molar-refractivity contribution in [2.75, 3.05) is 11.5 Å². The fourth-order valence-electron chi connectivity index (χ4n) is 2.92. The van der Waals surface area contributed by atoms with E-state index in [9.17, 15) is 18.0 Å². The van der Waals surface area contributed by atoms with Gasteiger partial charge >= 0.3 is 0 Å². The van der Waals surface area contributed by atoms with Crippen LogP contribution < -0.4 is 10.0 Å². The van der Waals surface area contributed by atoms with Gasteiger partial charge in [-0.3, -0.25) is 9.59 Å². The van der Waals surface area contributed by atoms with Crippen LogP contribution in [0.15, 0.2) is 29.2 Å². The van der Waals surface area contributed by atoms with Crippen LogP contribution in [0.1, 0.15) is 44.6 Å². The van der Waals surface area contributed by atoms with E-state index in [1.54, 1.807) is 12.1 Å². The summed E-state index contributed by atoms with van der Waals surface area (Å²) < 4.78 is 26.7. The molecule has 2 N–H and O–H groups in total. The van der Waals surface area contributed by atoms with Crippen molar-refractivity contribution >= 4 is 33.6 Å². The molecule has 26 heavy (non-hydrogen) atoms. The van der Waals surface area contributed by atoms with E-state index in [1.165, 1.54) is 62.9 Å². The van der Waals surface area contributed by atoms with Gasteiger partial charge in [-0.1, -0.05) is 31.4 Å². The molecule has 6 nitrogen and oxygen atoms in total. The van der Waals surface area contributed by atoms with Crippen molar-refractivity contribution in [1.82, 2.24) is 10.0 Å². The summed E-state index contributed by atoms with van der Waals surface area (Å²) in [5.41, 5.74) is 0.786. The van der Waals surface area contributed by atoms with Gasteiger partial charge < -0.3 is 5.32 Å². The first-order chi connectivity index (χ1) is 12.4. The Balaban J connectivity index is 1.80. The highest BCUT2D eigenvalue weighted by molar-refractivity contribution is 8.00. The summed E-state index contributed by atoms with van der Waals surface area (Å²) in [6, 6.07) is 6.10. The zero-order valence-corrected chi connectivity index (χ0v) is 16.6. The normalized spacial score (nSPS) is 15.4. The number of nitrogens with one attached hydrogen (secondary N) is 2. The van der Waals surface area contributed by atoms with E-state index in [2.05, 4.69) is 10.0 Å². The number of benzene rings is 1. The molecule has 8 heteroatoms. The highest BCUT2D eigenvalue weighted by Gasteiger charge is 2.19. The molecule has 1 aromatic carbocycles. The summed E-state index contributed by atoms with van der Waals surface area (Å²) in [5, 5.41) is 2.64. The lowest BCUT2D eigenvalue weighted by Crippen LogP contribution is -2.32. The quantitative estimate of drug-likeness (QED) is 0.702. The van der Waals surface area contributed by atoms with Gasteiger partial charge in [-0.25, -0.2) is 13.1 Å². The average Bonchev–Trinajstić information content (AvgIpc) is 2.61. The van der Waals surface area contributed by atoms with Crippen LogP contribution in [0.4, 0.5) is 0 Å². The molecule has 0 radical (unpaired) electrons. The van der Waals surface area contributed by atoms with E-state index >= 15 is 0 Å². The number of carbonyl (C=O) groups excluding carboxylic acids is 2. The number of amides is 2. The van der Waals surface area contributed by atoms with E-state index in [0.717, 1.165) is 11.3 Å².